The summed E-state index contributed by atoms with van der Waals surface area (Å²) in [6.45, 7) is 0. The van der Waals surface area contributed by atoms with Gasteiger partial charge < -0.3 is 9.15 Å². The van der Waals surface area contributed by atoms with Gasteiger partial charge in [0.25, 0.3) is 0 Å². The average molecular weight is 250 g/mol. The van der Waals surface area contributed by atoms with Crippen molar-refractivity contribution in [1.29, 1.82) is 0 Å². The molecule has 2 rings (SSSR count). The SMILES string of the molecule is COC(=O)c1cncc(SCc2ccco2)n1. The molecule has 0 unspecified atom stereocenters. The van der Waals surface area contributed by atoms with Crippen molar-refractivity contribution in [1.82, 2.24) is 9.97 Å². The third-order valence-corrected chi connectivity index (χ3v) is 2.87. The Labute approximate surface area is 102 Å². The fraction of sp³-hybridized carbons (Fsp3) is 0.182. The lowest BCUT2D eigenvalue weighted by atomic mass is 10.5. The van der Waals surface area contributed by atoms with Gasteiger partial charge in [-0.15, -0.1) is 0 Å². The molecule has 0 N–H and O–H groups in total. The summed E-state index contributed by atoms with van der Waals surface area (Å²) in [5.41, 5.74) is 0.206. The van der Waals surface area contributed by atoms with Crippen LogP contribution in [0, 0.1) is 0 Å². The molecule has 88 valence electrons. The predicted molar refractivity (Wildman–Crippen MR) is 61.6 cm³/mol. The van der Waals surface area contributed by atoms with Crippen LogP contribution in [0.4, 0.5) is 0 Å². The van der Waals surface area contributed by atoms with Gasteiger partial charge in [-0.3, -0.25) is 4.98 Å². The smallest absolute Gasteiger partial charge is 0.358 e. The molecule has 5 nitrogen and oxygen atoms in total. The van der Waals surface area contributed by atoms with Crippen molar-refractivity contribution in [2.75, 3.05) is 7.11 Å². The van der Waals surface area contributed by atoms with Crippen LogP contribution in [0.2, 0.25) is 0 Å². The van der Waals surface area contributed by atoms with Crippen LogP contribution in [0.25, 0.3) is 0 Å². The Morgan fingerprint density at radius 1 is 1.53 bits per heavy atom. The fourth-order valence-electron chi connectivity index (χ4n) is 1.16. The summed E-state index contributed by atoms with van der Waals surface area (Å²) in [4.78, 5) is 19.3. The van der Waals surface area contributed by atoms with Crippen molar-refractivity contribution in [2.45, 2.75) is 10.8 Å². The molecule has 0 aliphatic rings. The number of carbonyl (C=O) groups excluding carboxylic acids is 1. The first-order valence-electron chi connectivity index (χ1n) is 4.85. The second-order valence-electron chi connectivity index (χ2n) is 3.10. The van der Waals surface area contributed by atoms with E-state index < -0.39 is 5.97 Å². The van der Waals surface area contributed by atoms with Crippen LogP contribution >= 0.6 is 11.8 Å². The molecule has 0 atom stereocenters. The number of hydrogen-bond acceptors (Lipinski definition) is 6. The van der Waals surface area contributed by atoms with Crippen LogP contribution < -0.4 is 0 Å². The van der Waals surface area contributed by atoms with Crippen molar-refractivity contribution >= 4 is 17.7 Å². The minimum Gasteiger partial charge on any atom is -0.468 e. The van der Waals surface area contributed by atoms with Gasteiger partial charge in [0.05, 0.1) is 31.5 Å². The van der Waals surface area contributed by atoms with Gasteiger partial charge in [-0.2, -0.15) is 0 Å². The van der Waals surface area contributed by atoms with Gasteiger partial charge in [-0.1, -0.05) is 11.8 Å². The number of aromatic nitrogens is 2. The molecule has 17 heavy (non-hydrogen) atoms. The molecule has 0 radical (unpaired) electrons. The summed E-state index contributed by atoms with van der Waals surface area (Å²) in [5.74, 6) is 1.00. The summed E-state index contributed by atoms with van der Waals surface area (Å²) in [7, 11) is 1.31. The Balaban J connectivity index is 2.03. The van der Waals surface area contributed by atoms with E-state index in [-0.39, 0.29) is 5.69 Å². The minimum atomic E-state index is -0.488. The first-order chi connectivity index (χ1) is 8.29. The van der Waals surface area contributed by atoms with E-state index in [0.29, 0.717) is 10.8 Å². The monoisotopic (exact) mass is 250 g/mol. The standard InChI is InChI=1S/C11H10N2O3S/c1-15-11(14)9-5-12-6-10(13-9)17-7-8-3-2-4-16-8/h2-6H,7H2,1H3. The summed E-state index contributed by atoms with van der Waals surface area (Å²) in [6, 6.07) is 3.71. The van der Waals surface area contributed by atoms with E-state index in [2.05, 4.69) is 14.7 Å². The molecular weight excluding hydrogens is 240 g/mol. The van der Waals surface area contributed by atoms with Gasteiger partial charge in [0.1, 0.15) is 10.8 Å². The molecule has 0 aliphatic carbocycles. The maximum absolute atomic E-state index is 11.2. The molecule has 0 aromatic carbocycles. The lowest BCUT2D eigenvalue weighted by Gasteiger charge is -2.01. The quantitative estimate of drug-likeness (QED) is 0.612. The van der Waals surface area contributed by atoms with Crippen LogP contribution in [0.5, 0.6) is 0 Å². The molecule has 0 amide bonds. The second-order valence-corrected chi connectivity index (χ2v) is 4.10. The number of thioether (sulfide) groups is 1. The number of carbonyl (C=O) groups is 1. The molecule has 0 saturated carbocycles. The average Bonchev–Trinajstić information content (AvgIpc) is 2.89. The van der Waals surface area contributed by atoms with Crippen LogP contribution in [-0.4, -0.2) is 23.0 Å². The number of rotatable bonds is 4. The number of esters is 1. The minimum absolute atomic E-state index is 0.206. The first kappa shape index (κ1) is 11.7. The number of furan rings is 1. The maximum atomic E-state index is 11.2. The molecule has 2 aromatic rings. The highest BCUT2D eigenvalue weighted by atomic mass is 32.2. The number of ether oxygens (including phenoxy) is 1. The third kappa shape index (κ3) is 3.07. The molecule has 2 aromatic heterocycles. The zero-order valence-electron chi connectivity index (χ0n) is 9.12. The molecule has 0 spiro atoms. The summed E-state index contributed by atoms with van der Waals surface area (Å²) in [5, 5.41) is 0.657. The first-order valence-corrected chi connectivity index (χ1v) is 5.83. The van der Waals surface area contributed by atoms with Crippen LogP contribution in [0.3, 0.4) is 0 Å². The third-order valence-electron chi connectivity index (χ3n) is 1.95. The van der Waals surface area contributed by atoms with Gasteiger partial charge in [-0.25, -0.2) is 9.78 Å². The largest absolute Gasteiger partial charge is 0.468 e. The number of nitrogens with zero attached hydrogens (tertiary/aromatic N) is 2. The van der Waals surface area contributed by atoms with E-state index in [0.717, 1.165) is 5.76 Å². The fourth-order valence-corrected chi connectivity index (χ4v) is 1.91. The van der Waals surface area contributed by atoms with Gasteiger partial charge in [0, 0.05) is 0 Å². The second kappa shape index (κ2) is 5.49. The number of methoxy groups -OCH3 is 1. The molecule has 6 heteroatoms. The Kier molecular flexibility index (Phi) is 3.77. The molecule has 0 fully saturated rings. The van der Waals surface area contributed by atoms with Crippen LogP contribution in [-0.2, 0) is 10.5 Å². The zero-order chi connectivity index (χ0) is 12.1. The number of hydrogen-bond donors (Lipinski definition) is 0. The van der Waals surface area contributed by atoms with Crippen molar-refractivity contribution in [3.8, 4) is 0 Å². The van der Waals surface area contributed by atoms with E-state index in [1.54, 1.807) is 12.5 Å². The molecule has 0 aliphatic heterocycles. The van der Waals surface area contributed by atoms with E-state index >= 15 is 0 Å². The molecule has 0 saturated heterocycles. The summed E-state index contributed by atoms with van der Waals surface area (Å²) < 4.78 is 9.77. The normalized spacial score (nSPS) is 10.2. The summed E-state index contributed by atoms with van der Waals surface area (Å²) >= 11 is 1.45. The topological polar surface area (TPSA) is 65.2 Å². The van der Waals surface area contributed by atoms with Crippen LogP contribution in [0.15, 0.2) is 40.2 Å². The van der Waals surface area contributed by atoms with E-state index in [9.17, 15) is 4.79 Å². The Morgan fingerprint density at radius 3 is 3.12 bits per heavy atom. The van der Waals surface area contributed by atoms with Crippen molar-refractivity contribution in [3.05, 3.63) is 42.2 Å². The predicted octanol–water partition coefficient (Wildman–Crippen LogP) is 2.15. The zero-order valence-corrected chi connectivity index (χ0v) is 9.94. The summed E-state index contributed by atoms with van der Waals surface area (Å²) in [6.07, 6.45) is 4.59. The van der Waals surface area contributed by atoms with E-state index in [4.69, 9.17) is 4.42 Å². The van der Waals surface area contributed by atoms with Crippen molar-refractivity contribution in [2.24, 2.45) is 0 Å². The molecular formula is C11H10N2O3S. The Morgan fingerprint density at radius 2 is 2.41 bits per heavy atom. The lowest BCUT2D eigenvalue weighted by Crippen LogP contribution is -2.05. The Bertz CT molecular complexity index is 499. The maximum Gasteiger partial charge on any atom is 0.358 e. The van der Waals surface area contributed by atoms with Crippen molar-refractivity contribution < 1.29 is 13.9 Å². The van der Waals surface area contributed by atoms with E-state index in [1.807, 2.05) is 12.1 Å². The van der Waals surface area contributed by atoms with Gasteiger partial charge in [-0.05, 0) is 12.1 Å². The van der Waals surface area contributed by atoms with Gasteiger partial charge >= 0.3 is 5.97 Å². The Hall–Kier alpha value is -1.82. The lowest BCUT2D eigenvalue weighted by molar-refractivity contribution is 0.0592. The van der Waals surface area contributed by atoms with Crippen molar-refractivity contribution in [3.63, 3.8) is 0 Å². The van der Waals surface area contributed by atoms with E-state index in [1.165, 1.54) is 25.1 Å². The molecule has 0 bridgehead atoms. The van der Waals surface area contributed by atoms with Gasteiger partial charge in [0.15, 0.2) is 5.69 Å². The highest BCUT2D eigenvalue weighted by molar-refractivity contribution is 7.98. The van der Waals surface area contributed by atoms with Gasteiger partial charge in [0.2, 0.25) is 0 Å². The highest BCUT2D eigenvalue weighted by Gasteiger charge is 2.09. The van der Waals surface area contributed by atoms with Crippen LogP contribution in [0.1, 0.15) is 16.2 Å². The highest BCUT2D eigenvalue weighted by Crippen LogP contribution is 2.20. The molecule has 2 heterocycles.